The third-order valence-electron chi connectivity index (χ3n) is 4.54. The molecule has 0 bridgehead atoms. The van der Waals surface area contributed by atoms with Crippen molar-refractivity contribution in [2.45, 2.75) is 85.2 Å². The lowest BCUT2D eigenvalue weighted by molar-refractivity contribution is -0.152. The Bertz CT molecular complexity index is 896. The number of carbonyl (C=O) groups excluding carboxylic acids is 3. The molecule has 3 N–H and O–H groups in total. The third kappa shape index (κ3) is 10.2. The van der Waals surface area contributed by atoms with Gasteiger partial charge in [-0.2, -0.15) is 0 Å². The summed E-state index contributed by atoms with van der Waals surface area (Å²) in [6.07, 6.45) is -3.61. The van der Waals surface area contributed by atoms with E-state index in [2.05, 4.69) is 0 Å². The number of rotatable bonds is 11. The van der Waals surface area contributed by atoms with Crippen LogP contribution in [0.15, 0.2) is 18.2 Å². The Morgan fingerprint density at radius 3 is 1.80 bits per heavy atom. The van der Waals surface area contributed by atoms with E-state index in [9.17, 15) is 24.3 Å². The smallest absolute Gasteiger partial charge is 0.480 e. The van der Waals surface area contributed by atoms with Crippen LogP contribution in [0.2, 0.25) is 0 Å². The summed E-state index contributed by atoms with van der Waals surface area (Å²) in [5.74, 6) is -3.28. The molecule has 3 atom stereocenters. The summed E-state index contributed by atoms with van der Waals surface area (Å²) < 4.78 is 25.7. The molecular formula is C24H35NO10. The van der Waals surface area contributed by atoms with Gasteiger partial charge in [0.15, 0.2) is 11.5 Å². The number of carboxylic acid groups (broad SMARTS) is 1. The topological polar surface area (TPSA) is 161 Å². The summed E-state index contributed by atoms with van der Waals surface area (Å²) in [6.45, 7) is 11.5. The van der Waals surface area contributed by atoms with Gasteiger partial charge in [0.2, 0.25) is 0 Å². The highest BCUT2D eigenvalue weighted by atomic mass is 16.7. The van der Waals surface area contributed by atoms with Gasteiger partial charge in [-0.25, -0.2) is 9.59 Å². The first kappa shape index (κ1) is 29.7. The highest BCUT2D eigenvalue weighted by Gasteiger charge is 2.30. The molecule has 0 aliphatic rings. The van der Waals surface area contributed by atoms with Crippen LogP contribution in [0.3, 0.4) is 0 Å². The van der Waals surface area contributed by atoms with Crippen LogP contribution in [0.5, 0.6) is 11.5 Å². The second-order valence-electron chi connectivity index (χ2n) is 8.85. The quantitative estimate of drug-likeness (QED) is 0.258. The molecular weight excluding hydrogens is 462 g/mol. The molecule has 2 unspecified atom stereocenters. The average Bonchev–Trinajstić information content (AvgIpc) is 2.71. The zero-order valence-corrected chi connectivity index (χ0v) is 21.1. The molecule has 11 heteroatoms. The Kier molecular flexibility index (Phi) is 11.5. The lowest BCUT2D eigenvalue weighted by atomic mass is 9.87. The first-order valence-corrected chi connectivity index (χ1v) is 11.3. The van der Waals surface area contributed by atoms with Crippen molar-refractivity contribution in [3.8, 4) is 11.5 Å². The Balaban J connectivity index is 3.35. The maximum Gasteiger partial charge on any atom is 0.514 e. The van der Waals surface area contributed by atoms with E-state index in [-0.39, 0.29) is 23.8 Å². The molecule has 1 aromatic rings. The number of esters is 1. The van der Waals surface area contributed by atoms with Crippen LogP contribution in [0.1, 0.15) is 66.4 Å². The van der Waals surface area contributed by atoms with Crippen LogP contribution in [0.25, 0.3) is 0 Å². The van der Waals surface area contributed by atoms with E-state index in [0.717, 1.165) is 0 Å². The van der Waals surface area contributed by atoms with E-state index < -0.39 is 54.5 Å². The van der Waals surface area contributed by atoms with E-state index >= 15 is 0 Å². The third-order valence-corrected chi connectivity index (χ3v) is 4.54. The van der Waals surface area contributed by atoms with Crippen molar-refractivity contribution >= 4 is 24.2 Å². The molecule has 1 rings (SSSR count). The number of ether oxygens (including phenoxy) is 5. The van der Waals surface area contributed by atoms with Gasteiger partial charge in [-0.3, -0.25) is 9.59 Å². The van der Waals surface area contributed by atoms with Crippen molar-refractivity contribution in [2.24, 2.45) is 11.7 Å². The van der Waals surface area contributed by atoms with E-state index in [1.165, 1.54) is 18.2 Å². The molecule has 0 aliphatic heterocycles. The van der Waals surface area contributed by atoms with Crippen LogP contribution in [0.4, 0.5) is 9.59 Å². The van der Waals surface area contributed by atoms with E-state index in [1.54, 1.807) is 48.5 Å². The Morgan fingerprint density at radius 2 is 1.34 bits per heavy atom. The summed E-state index contributed by atoms with van der Waals surface area (Å²) in [6, 6.07) is 2.75. The minimum absolute atomic E-state index is 0.0669. The van der Waals surface area contributed by atoms with Crippen molar-refractivity contribution in [1.29, 1.82) is 0 Å². The number of hydrogen-bond donors (Lipinski definition) is 2. The summed E-state index contributed by atoms with van der Waals surface area (Å²) in [5.41, 5.74) is 6.30. The predicted molar refractivity (Wildman–Crippen MR) is 124 cm³/mol. The lowest BCUT2D eigenvalue weighted by Crippen LogP contribution is -2.38. The van der Waals surface area contributed by atoms with Crippen LogP contribution < -0.4 is 15.2 Å². The normalized spacial score (nSPS) is 13.7. The molecule has 0 saturated carbocycles. The van der Waals surface area contributed by atoms with Crippen molar-refractivity contribution in [2.75, 3.05) is 0 Å². The van der Waals surface area contributed by atoms with Gasteiger partial charge in [0, 0.05) is 5.92 Å². The molecule has 1 aromatic carbocycles. The van der Waals surface area contributed by atoms with Crippen molar-refractivity contribution < 1.29 is 48.0 Å². The van der Waals surface area contributed by atoms with Crippen molar-refractivity contribution in [3.05, 3.63) is 23.8 Å². The zero-order valence-electron chi connectivity index (χ0n) is 21.1. The van der Waals surface area contributed by atoms with Crippen LogP contribution >= 0.6 is 0 Å². The van der Waals surface area contributed by atoms with Gasteiger partial charge in [-0.15, -0.1) is 0 Å². The van der Waals surface area contributed by atoms with Gasteiger partial charge in [0.1, 0.15) is 6.04 Å². The first-order valence-electron chi connectivity index (χ1n) is 11.3. The van der Waals surface area contributed by atoms with E-state index in [1.807, 2.05) is 0 Å². The fraction of sp³-hybridized carbons (Fsp3) is 0.583. The molecule has 0 amide bonds. The van der Waals surface area contributed by atoms with Crippen molar-refractivity contribution in [1.82, 2.24) is 0 Å². The number of aliphatic carboxylic acids is 1. The number of carboxylic acids is 1. The largest absolute Gasteiger partial charge is 0.514 e. The molecule has 0 radical (unpaired) electrons. The van der Waals surface area contributed by atoms with Crippen molar-refractivity contribution in [3.63, 3.8) is 0 Å². The molecule has 11 nitrogen and oxygen atoms in total. The first-order chi connectivity index (χ1) is 16.2. The van der Waals surface area contributed by atoms with Gasteiger partial charge < -0.3 is 34.5 Å². The van der Waals surface area contributed by atoms with E-state index in [0.29, 0.717) is 5.56 Å². The maximum atomic E-state index is 12.1. The van der Waals surface area contributed by atoms with Gasteiger partial charge >= 0.3 is 24.2 Å². The summed E-state index contributed by atoms with van der Waals surface area (Å²) in [7, 11) is 0. The zero-order chi connectivity index (χ0) is 26.9. The molecule has 0 fully saturated rings. The number of benzene rings is 1. The van der Waals surface area contributed by atoms with Gasteiger partial charge in [-0.05, 0) is 58.7 Å². The summed E-state index contributed by atoms with van der Waals surface area (Å²) >= 11 is 0. The summed E-state index contributed by atoms with van der Waals surface area (Å²) in [5, 5.41) is 9.54. The number of carbonyl (C=O) groups is 4. The second-order valence-corrected chi connectivity index (χ2v) is 8.85. The predicted octanol–water partition coefficient (Wildman–Crippen LogP) is 4.01. The SMILES string of the molecule is CC(C)OC(=O)Oc1ccc(C(CC(C)OC(=O)C(C)C)[C@H](N)C(=O)O)cc1OC(=O)OC(C)C. The van der Waals surface area contributed by atoms with Gasteiger partial charge in [0.05, 0.1) is 24.2 Å². The fourth-order valence-electron chi connectivity index (χ4n) is 2.93. The Morgan fingerprint density at radius 1 is 0.829 bits per heavy atom. The van der Waals surface area contributed by atoms with Crippen LogP contribution in [-0.4, -0.2) is 53.7 Å². The molecule has 0 spiro atoms. The minimum Gasteiger partial charge on any atom is -0.480 e. The average molecular weight is 498 g/mol. The Hall–Kier alpha value is -3.34. The monoisotopic (exact) mass is 497 g/mol. The molecule has 0 aliphatic carbocycles. The minimum atomic E-state index is -1.37. The van der Waals surface area contributed by atoms with Crippen LogP contribution in [-0.2, 0) is 23.8 Å². The fourth-order valence-corrected chi connectivity index (χ4v) is 2.93. The molecule has 0 aromatic heterocycles. The highest BCUT2D eigenvalue weighted by Crippen LogP contribution is 2.35. The molecule has 35 heavy (non-hydrogen) atoms. The van der Waals surface area contributed by atoms with Gasteiger partial charge in [-0.1, -0.05) is 19.9 Å². The lowest BCUT2D eigenvalue weighted by Gasteiger charge is -2.26. The van der Waals surface area contributed by atoms with E-state index in [4.69, 9.17) is 29.4 Å². The standard InChI is InChI=1S/C24H35NO10/c1-12(2)22(28)33-15(7)10-17(20(25)21(26)27)16-8-9-18(34-23(29)31-13(3)4)19(11-16)35-24(30)32-14(5)6/h8-9,11-15,17,20H,10,25H2,1-7H3,(H,26,27)/t15?,17?,20-/m0/s1. The van der Waals surface area contributed by atoms with Gasteiger partial charge in [0.25, 0.3) is 0 Å². The molecule has 0 heterocycles. The van der Waals surface area contributed by atoms with Crippen LogP contribution in [0, 0.1) is 5.92 Å². The number of hydrogen-bond acceptors (Lipinski definition) is 10. The molecule has 0 saturated heterocycles. The Labute approximate surface area is 204 Å². The highest BCUT2D eigenvalue weighted by molar-refractivity contribution is 5.75. The summed E-state index contributed by atoms with van der Waals surface area (Å²) in [4.78, 5) is 47.8. The molecule has 196 valence electrons. The maximum absolute atomic E-state index is 12.1. The second kappa shape index (κ2) is 13.5. The number of nitrogens with two attached hydrogens (primary N) is 1.